The van der Waals surface area contributed by atoms with Gasteiger partial charge in [0.25, 0.3) is 5.91 Å². The van der Waals surface area contributed by atoms with E-state index in [0.29, 0.717) is 10.7 Å². The Morgan fingerprint density at radius 3 is 2.24 bits per heavy atom. The van der Waals surface area contributed by atoms with Crippen LogP contribution in [-0.4, -0.2) is 17.0 Å². The van der Waals surface area contributed by atoms with Crippen LogP contribution in [0.25, 0.3) is 0 Å². The molecular weight excluding hydrogens is 337 g/mol. The Bertz CT molecular complexity index is 731. The summed E-state index contributed by atoms with van der Waals surface area (Å²) >= 11 is 17.5. The summed E-state index contributed by atoms with van der Waals surface area (Å²) < 4.78 is 0. The molecule has 2 aromatic carbocycles. The van der Waals surface area contributed by atoms with Crippen LogP contribution in [0.3, 0.4) is 0 Å². The summed E-state index contributed by atoms with van der Waals surface area (Å²) in [5.74, 6) is -1.66. The molecule has 2 aromatic rings. The molecule has 0 saturated heterocycles. The van der Waals surface area contributed by atoms with Gasteiger partial charge in [0.2, 0.25) is 0 Å². The molecule has 0 radical (unpaired) electrons. The third kappa shape index (κ3) is 3.67. The number of amides is 1. The van der Waals surface area contributed by atoms with Crippen molar-refractivity contribution in [2.75, 3.05) is 5.32 Å². The monoisotopic (exact) mass is 343 g/mol. The fourth-order valence-corrected chi connectivity index (χ4v) is 2.33. The topological polar surface area (TPSA) is 66.4 Å². The van der Waals surface area contributed by atoms with Crippen molar-refractivity contribution >= 4 is 52.4 Å². The first-order chi connectivity index (χ1) is 9.88. The molecule has 1 amide bonds. The normalized spacial score (nSPS) is 10.2. The van der Waals surface area contributed by atoms with E-state index in [1.54, 1.807) is 0 Å². The largest absolute Gasteiger partial charge is 0.478 e. The molecule has 108 valence electrons. The van der Waals surface area contributed by atoms with Crippen LogP contribution in [0.2, 0.25) is 15.1 Å². The molecule has 0 aliphatic rings. The van der Waals surface area contributed by atoms with Gasteiger partial charge in [0.1, 0.15) is 0 Å². The van der Waals surface area contributed by atoms with Crippen molar-refractivity contribution in [3.8, 4) is 0 Å². The second-order valence-electron chi connectivity index (χ2n) is 4.08. The highest BCUT2D eigenvalue weighted by Gasteiger charge is 2.14. The summed E-state index contributed by atoms with van der Waals surface area (Å²) in [7, 11) is 0. The van der Waals surface area contributed by atoms with Crippen LogP contribution in [0.15, 0.2) is 36.4 Å². The van der Waals surface area contributed by atoms with E-state index in [2.05, 4.69) is 5.32 Å². The average Bonchev–Trinajstić information content (AvgIpc) is 2.40. The Labute approximate surface area is 135 Å². The summed E-state index contributed by atoms with van der Waals surface area (Å²) in [5, 5.41) is 12.2. The van der Waals surface area contributed by atoms with E-state index in [4.69, 9.17) is 39.9 Å². The van der Waals surface area contributed by atoms with Crippen molar-refractivity contribution in [2.24, 2.45) is 0 Å². The van der Waals surface area contributed by atoms with E-state index in [9.17, 15) is 9.59 Å². The van der Waals surface area contributed by atoms with Gasteiger partial charge in [-0.1, -0.05) is 34.8 Å². The van der Waals surface area contributed by atoms with Gasteiger partial charge < -0.3 is 10.4 Å². The highest BCUT2D eigenvalue weighted by Crippen LogP contribution is 2.24. The molecule has 2 N–H and O–H groups in total. The van der Waals surface area contributed by atoms with Gasteiger partial charge in [0.15, 0.2) is 0 Å². The Kier molecular flexibility index (Phi) is 4.73. The van der Waals surface area contributed by atoms with E-state index in [1.165, 1.54) is 36.4 Å². The average molecular weight is 345 g/mol. The summed E-state index contributed by atoms with van der Waals surface area (Å²) in [4.78, 5) is 23.1. The lowest BCUT2D eigenvalue weighted by Crippen LogP contribution is -2.13. The Hall–Kier alpha value is -1.75. The number of anilines is 1. The summed E-state index contributed by atoms with van der Waals surface area (Å²) in [6.07, 6.45) is 0. The number of carboxylic acids is 1. The van der Waals surface area contributed by atoms with Crippen LogP contribution >= 0.6 is 34.8 Å². The first kappa shape index (κ1) is 15.6. The molecule has 0 heterocycles. The van der Waals surface area contributed by atoms with Gasteiger partial charge >= 0.3 is 5.97 Å². The van der Waals surface area contributed by atoms with Crippen molar-refractivity contribution in [3.63, 3.8) is 0 Å². The van der Waals surface area contributed by atoms with Crippen molar-refractivity contribution in [3.05, 3.63) is 62.6 Å². The lowest BCUT2D eigenvalue weighted by atomic mass is 10.1. The number of carbonyl (C=O) groups excluding carboxylic acids is 1. The number of hydrogen-bond acceptors (Lipinski definition) is 2. The Morgan fingerprint density at radius 2 is 1.62 bits per heavy atom. The molecule has 0 saturated carbocycles. The number of nitrogens with one attached hydrogen (secondary N) is 1. The lowest BCUT2D eigenvalue weighted by Gasteiger charge is -2.08. The van der Waals surface area contributed by atoms with E-state index in [-0.39, 0.29) is 21.2 Å². The lowest BCUT2D eigenvalue weighted by molar-refractivity contribution is 0.0696. The van der Waals surface area contributed by atoms with Crippen LogP contribution in [0.1, 0.15) is 20.7 Å². The molecule has 0 fully saturated rings. The first-order valence-corrected chi connectivity index (χ1v) is 6.81. The minimum Gasteiger partial charge on any atom is -0.478 e. The van der Waals surface area contributed by atoms with Gasteiger partial charge in [-0.25, -0.2) is 4.79 Å². The van der Waals surface area contributed by atoms with Gasteiger partial charge in [0, 0.05) is 10.7 Å². The van der Waals surface area contributed by atoms with Crippen molar-refractivity contribution in [2.45, 2.75) is 0 Å². The second-order valence-corrected chi connectivity index (χ2v) is 5.33. The number of aromatic carboxylic acids is 1. The maximum atomic E-state index is 12.1. The number of carbonyl (C=O) groups is 2. The first-order valence-electron chi connectivity index (χ1n) is 5.67. The third-order valence-electron chi connectivity index (χ3n) is 2.63. The molecule has 0 aliphatic heterocycles. The number of hydrogen-bond donors (Lipinski definition) is 2. The molecule has 21 heavy (non-hydrogen) atoms. The summed E-state index contributed by atoms with van der Waals surface area (Å²) in [5.41, 5.74) is 0.428. The van der Waals surface area contributed by atoms with Crippen LogP contribution in [0.4, 0.5) is 5.69 Å². The van der Waals surface area contributed by atoms with Gasteiger partial charge in [-0.05, 0) is 36.4 Å². The number of carboxylic acid groups (broad SMARTS) is 1. The minimum absolute atomic E-state index is 0.0880. The zero-order valence-corrected chi connectivity index (χ0v) is 12.6. The van der Waals surface area contributed by atoms with Gasteiger partial charge in [0.05, 0.1) is 21.2 Å². The maximum Gasteiger partial charge on any atom is 0.337 e. The zero-order valence-electron chi connectivity index (χ0n) is 10.4. The maximum absolute atomic E-state index is 12.1. The quantitative estimate of drug-likeness (QED) is 0.855. The molecule has 0 atom stereocenters. The Morgan fingerprint density at radius 1 is 0.905 bits per heavy atom. The second kappa shape index (κ2) is 6.35. The predicted octanol–water partition coefficient (Wildman–Crippen LogP) is 4.60. The zero-order chi connectivity index (χ0) is 15.6. The van der Waals surface area contributed by atoms with Crippen LogP contribution in [0.5, 0.6) is 0 Å². The molecule has 0 bridgehead atoms. The predicted molar refractivity (Wildman–Crippen MR) is 82.8 cm³/mol. The van der Waals surface area contributed by atoms with E-state index < -0.39 is 11.9 Å². The van der Waals surface area contributed by atoms with Crippen LogP contribution < -0.4 is 5.32 Å². The number of rotatable bonds is 3. The minimum atomic E-state index is -1.18. The van der Waals surface area contributed by atoms with Crippen LogP contribution in [-0.2, 0) is 0 Å². The van der Waals surface area contributed by atoms with E-state index >= 15 is 0 Å². The fraction of sp³-hybridized carbons (Fsp3) is 0. The molecule has 4 nitrogen and oxygen atoms in total. The molecule has 0 aliphatic carbocycles. The van der Waals surface area contributed by atoms with Gasteiger partial charge in [-0.2, -0.15) is 0 Å². The fourth-order valence-electron chi connectivity index (χ4n) is 1.64. The molecule has 7 heteroatoms. The highest BCUT2D eigenvalue weighted by molar-refractivity contribution is 6.37. The van der Waals surface area contributed by atoms with Crippen molar-refractivity contribution in [1.82, 2.24) is 0 Å². The van der Waals surface area contributed by atoms with E-state index in [0.717, 1.165) is 0 Å². The highest BCUT2D eigenvalue weighted by atomic mass is 35.5. The molecule has 0 unspecified atom stereocenters. The molecule has 0 aromatic heterocycles. The van der Waals surface area contributed by atoms with E-state index in [1.807, 2.05) is 0 Å². The third-order valence-corrected chi connectivity index (χ3v) is 3.51. The standard InChI is InChI=1S/C14H8Cl3NO3/c15-7-1-3-9(12(17)5-7)13(19)18-8-2-4-11(16)10(6-8)14(20)21/h1-6H,(H,18,19)(H,20,21). The van der Waals surface area contributed by atoms with Crippen LogP contribution in [0, 0.1) is 0 Å². The van der Waals surface area contributed by atoms with Crippen molar-refractivity contribution in [1.29, 1.82) is 0 Å². The smallest absolute Gasteiger partial charge is 0.337 e. The van der Waals surface area contributed by atoms with Gasteiger partial charge in [-0.3, -0.25) is 4.79 Å². The number of benzene rings is 2. The number of halogens is 3. The molecule has 2 rings (SSSR count). The SMILES string of the molecule is O=C(O)c1cc(NC(=O)c2ccc(Cl)cc2Cl)ccc1Cl. The van der Waals surface area contributed by atoms with Gasteiger partial charge in [-0.15, -0.1) is 0 Å². The van der Waals surface area contributed by atoms with Crippen molar-refractivity contribution < 1.29 is 14.7 Å². The molecular formula is C14H8Cl3NO3. The Balaban J connectivity index is 2.27. The summed E-state index contributed by atoms with van der Waals surface area (Å²) in [6, 6.07) is 8.62. The molecule has 0 spiro atoms. The summed E-state index contributed by atoms with van der Waals surface area (Å²) in [6.45, 7) is 0.